The Morgan fingerprint density at radius 1 is 0.282 bits per heavy atom. The molecule has 0 saturated carbocycles. The van der Waals surface area contributed by atoms with Crippen LogP contribution >= 0.6 is 0 Å². The van der Waals surface area contributed by atoms with Gasteiger partial charge in [-0.15, -0.1) is 0 Å². The number of esters is 3. The third-order valence-corrected chi connectivity index (χ3v) is 14.5. The summed E-state index contributed by atoms with van der Waals surface area (Å²) in [7, 11) is 0. The van der Waals surface area contributed by atoms with Crippen molar-refractivity contribution >= 4 is 17.9 Å². The molecule has 0 saturated heterocycles. The van der Waals surface area contributed by atoms with Gasteiger partial charge < -0.3 is 14.2 Å². The van der Waals surface area contributed by atoms with Crippen molar-refractivity contribution in [3.8, 4) is 0 Å². The van der Waals surface area contributed by atoms with E-state index < -0.39 is 6.10 Å². The first-order chi connectivity index (χ1) is 35.0. The lowest BCUT2D eigenvalue weighted by molar-refractivity contribution is -0.167. The third-order valence-electron chi connectivity index (χ3n) is 14.5. The molecule has 0 spiro atoms. The van der Waals surface area contributed by atoms with Crippen molar-refractivity contribution in [2.75, 3.05) is 13.2 Å². The van der Waals surface area contributed by atoms with E-state index in [1.165, 1.54) is 250 Å². The van der Waals surface area contributed by atoms with Gasteiger partial charge in [-0.05, 0) is 51.4 Å². The highest BCUT2D eigenvalue weighted by molar-refractivity contribution is 5.71. The summed E-state index contributed by atoms with van der Waals surface area (Å²) < 4.78 is 17.0. The number of hydrogen-bond acceptors (Lipinski definition) is 6. The Morgan fingerprint density at radius 3 is 0.803 bits per heavy atom. The van der Waals surface area contributed by atoms with Crippen LogP contribution in [0, 0.1) is 0 Å². The first kappa shape index (κ1) is 68.9. The van der Waals surface area contributed by atoms with Gasteiger partial charge in [0.1, 0.15) is 13.2 Å². The Morgan fingerprint density at radius 2 is 0.507 bits per heavy atom. The van der Waals surface area contributed by atoms with Gasteiger partial charge in [-0.25, -0.2) is 0 Å². The van der Waals surface area contributed by atoms with Gasteiger partial charge in [0.2, 0.25) is 0 Å². The van der Waals surface area contributed by atoms with E-state index in [2.05, 4.69) is 45.1 Å². The summed E-state index contributed by atoms with van der Waals surface area (Å²) >= 11 is 0. The molecule has 0 aliphatic heterocycles. The summed E-state index contributed by atoms with van der Waals surface area (Å²) in [6.07, 6.45) is 71.7. The fraction of sp³-hybridized carbons (Fsp3) is 0.892. The molecule has 0 amide bonds. The highest BCUT2D eigenvalue weighted by atomic mass is 16.6. The normalized spacial score (nSPS) is 12.1. The molecule has 0 heterocycles. The molecule has 0 aromatic rings. The van der Waals surface area contributed by atoms with Gasteiger partial charge in [-0.3, -0.25) is 14.4 Å². The fourth-order valence-corrected chi connectivity index (χ4v) is 9.65. The van der Waals surface area contributed by atoms with Crippen LogP contribution in [0.5, 0.6) is 0 Å². The predicted molar refractivity (Wildman–Crippen MR) is 307 cm³/mol. The van der Waals surface area contributed by atoms with Crippen molar-refractivity contribution in [2.24, 2.45) is 0 Å². The van der Waals surface area contributed by atoms with Crippen LogP contribution < -0.4 is 0 Å². The fourth-order valence-electron chi connectivity index (χ4n) is 9.65. The molecule has 0 bridgehead atoms. The van der Waals surface area contributed by atoms with Crippen molar-refractivity contribution < 1.29 is 28.6 Å². The van der Waals surface area contributed by atoms with Crippen LogP contribution in [-0.4, -0.2) is 37.2 Å². The maximum atomic E-state index is 12.9. The molecule has 0 aromatic heterocycles. The smallest absolute Gasteiger partial charge is 0.306 e. The summed E-state index contributed by atoms with van der Waals surface area (Å²) in [5.74, 6) is -0.842. The molecular weight excluding hydrogens is 877 g/mol. The van der Waals surface area contributed by atoms with Gasteiger partial charge in [0.25, 0.3) is 0 Å². The lowest BCUT2D eigenvalue weighted by atomic mass is 10.0. The molecule has 0 rings (SSSR count). The SMILES string of the molecule is CCCCC/C=C\C/C=C\CCCCCCCCCCCC(=O)OCC(COC(=O)CCCCCCCCCCCCCCCCCC)OC(=O)CCCCCCCCCCCCCCCCCCCC. The second-order valence-electron chi connectivity index (χ2n) is 21.7. The Labute approximate surface area is 443 Å². The highest BCUT2D eigenvalue weighted by Gasteiger charge is 2.19. The van der Waals surface area contributed by atoms with Crippen LogP contribution in [0.1, 0.15) is 355 Å². The van der Waals surface area contributed by atoms with E-state index in [0.29, 0.717) is 19.3 Å². The first-order valence-electron chi connectivity index (χ1n) is 31.8. The molecule has 0 aliphatic rings. The number of carbonyl (C=O) groups is 3. The van der Waals surface area contributed by atoms with E-state index in [0.717, 1.165) is 64.2 Å². The minimum Gasteiger partial charge on any atom is -0.462 e. The Kier molecular flexibility index (Phi) is 58.6. The second-order valence-corrected chi connectivity index (χ2v) is 21.7. The number of carbonyl (C=O) groups excluding carboxylic acids is 3. The Balaban J connectivity index is 4.31. The van der Waals surface area contributed by atoms with Crippen LogP contribution in [-0.2, 0) is 28.6 Å². The molecule has 0 N–H and O–H groups in total. The molecule has 71 heavy (non-hydrogen) atoms. The largest absolute Gasteiger partial charge is 0.462 e. The van der Waals surface area contributed by atoms with Gasteiger partial charge >= 0.3 is 17.9 Å². The summed E-state index contributed by atoms with van der Waals surface area (Å²) in [4.78, 5) is 38.3. The molecule has 418 valence electrons. The molecular formula is C65H122O6. The molecule has 1 atom stereocenters. The van der Waals surface area contributed by atoms with Gasteiger partial charge in [0.15, 0.2) is 6.10 Å². The lowest BCUT2D eigenvalue weighted by Crippen LogP contribution is -2.30. The van der Waals surface area contributed by atoms with E-state index in [4.69, 9.17) is 14.2 Å². The molecule has 1 unspecified atom stereocenters. The number of ether oxygens (including phenoxy) is 3. The van der Waals surface area contributed by atoms with E-state index in [-0.39, 0.29) is 31.1 Å². The van der Waals surface area contributed by atoms with E-state index in [1.807, 2.05) is 0 Å². The number of unbranched alkanes of at least 4 members (excludes halogenated alkanes) is 44. The summed E-state index contributed by atoms with van der Waals surface area (Å²) in [6, 6.07) is 0. The minimum atomic E-state index is -0.768. The average Bonchev–Trinajstić information content (AvgIpc) is 3.37. The third kappa shape index (κ3) is 58.7. The number of allylic oxidation sites excluding steroid dienone is 4. The highest BCUT2D eigenvalue weighted by Crippen LogP contribution is 2.18. The van der Waals surface area contributed by atoms with Gasteiger partial charge in [-0.1, -0.05) is 308 Å². The first-order valence-corrected chi connectivity index (χ1v) is 31.8. The number of rotatable bonds is 59. The molecule has 0 fully saturated rings. The van der Waals surface area contributed by atoms with Crippen LogP contribution in [0.2, 0.25) is 0 Å². The van der Waals surface area contributed by atoms with E-state index in [1.54, 1.807) is 0 Å². The second kappa shape index (κ2) is 60.4. The summed E-state index contributed by atoms with van der Waals surface area (Å²) in [6.45, 7) is 6.68. The zero-order valence-electron chi connectivity index (χ0n) is 48.0. The van der Waals surface area contributed by atoms with Crippen LogP contribution in [0.25, 0.3) is 0 Å². The van der Waals surface area contributed by atoms with Crippen molar-refractivity contribution in [2.45, 2.75) is 361 Å². The van der Waals surface area contributed by atoms with Gasteiger partial charge in [-0.2, -0.15) is 0 Å². The van der Waals surface area contributed by atoms with Gasteiger partial charge in [0.05, 0.1) is 0 Å². The maximum absolute atomic E-state index is 12.9. The topological polar surface area (TPSA) is 78.9 Å². The van der Waals surface area contributed by atoms with Crippen molar-refractivity contribution in [1.82, 2.24) is 0 Å². The van der Waals surface area contributed by atoms with E-state index in [9.17, 15) is 14.4 Å². The van der Waals surface area contributed by atoms with E-state index >= 15 is 0 Å². The molecule has 6 heteroatoms. The summed E-state index contributed by atoms with van der Waals surface area (Å²) in [5, 5.41) is 0. The quantitative estimate of drug-likeness (QED) is 0.0261. The lowest BCUT2D eigenvalue weighted by Gasteiger charge is -2.18. The Bertz CT molecular complexity index is 1150. The molecule has 0 aliphatic carbocycles. The predicted octanol–water partition coefficient (Wildman–Crippen LogP) is 21.4. The maximum Gasteiger partial charge on any atom is 0.306 e. The summed E-state index contributed by atoms with van der Waals surface area (Å²) in [5.41, 5.74) is 0. The molecule has 6 nitrogen and oxygen atoms in total. The van der Waals surface area contributed by atoms with Crippen LogP contribution in [0.3, 0.4) is 0 Å². The molecule has 0 radical (unpaired) electrons. The average molecular weight is 1000 g/mol. The molecule has 0 aromatic carbocycles. The van der Waals surface area contributed by atoms with Crippen LogP contribution in [0.15, 0.2) is 24.3 Å². The monoisotopic (exact) mass is 999 g/mol. The van der Waals surface area contributed by atoms with Crippen LogP contribution in [0.4, 0.5) is 0 Å². The van der Waals surface area contributed by atoms with Crippen molar-refractivity contribution in [1.29, 1.82) is 0 Å². The van der Waals surface area contributed by atoms with Gasteiger partial charge in [0, 0.05) is 19.3 Å². The number of hydrogen-bond donors (Lipinski definition) is 0. The van der Waals surface area contributed by atoms with Crippen molar-refractivity contribution in [3.63, 3.8) is 0 Å². The Hall–Kier alpha value is -2.11. The minimum absolute atomic E-state index is 0.0661. The standard InChI is InChI=1S/C65H122O6/c1-4-7-10-13-16-19-22-25-28-31-33-35-37-40-43-46-49-52-55-58-64(67)70-61-62(60-69-63(66)57-54-51-48-45-42-39-36-30-27-24-21-18-15-12-9-6-3)71-65(68)59-56-53-50-47-44-41-38-34-32-29-26-23-20-17-14-11-8-5-2/h16,19,25,28,62H,4-15,17-18,20-24,26-27,29-61H2,1-3H3/b19-16-,28-25-. The zero-order chi connectivity index (χ0) is 51.4. The zero-order valence-corrected chi connectivity index (χ0v) is 48.0. The van der Waals surface area contributed by atoms with Crippen molar-refractivity contribution in [3.05, 3.63) is 24.3 Å².